The Labute approximate surface area is 241 Å². The highest BCUT2D eigenvalue weighted by Crippen LogP contribution is 2.33. The van der Waals surface area contributed by atoms with E-state index in [1.165, 1.54) is 6.92 Å². The number of para-hydroxylation sites is 1. The second kappa shape index (κ2) is 12.1. The SMILES string of the molecule is COc1ccc(-c2nc3ccc(C(=O)OC(C)C(=O)Nc4ccccc4Cl)cc3nc2-c2ccc(OC)cc2)cc1. The summed E-state index contributed by atoms with van der Waals surface area (Å²) < 4.78 is 16.1. The fourth-order valence-corrected chi connectivity index (χ4v) is 4.34. The maximum atomic E-state index is 13.0. The molecule has 0 saturated heterocycles. The second-order valence-corrected chi connectivity index (χ2v) is 9.51. The lowest BCUT2D eigenvalue weighted by Gasteiger charge is -2.15. The van der Waals surface area contributed by atoms with E-state index in [0.717, 1.165) is 16.9 Å². The molecule has 9 heteroatoms. The average molecular weight is 568 g/mol. The number of benzene rings is 4. The lowest BCUT2D eigenvalue weighted by atomic mass is 10.0. The van der Waals surface area contributed by atoms with E-state index in [-0.39, 0.29) is 5.56 Å². The highest BCUT2D eigenvalue weighted by Gasteiger charge is 2.21. The van der Waals surface area contributed by atoms with Gasteiger partial charge in [0, 0.05) is 11.1 Å². The number of hydrogen-bond acceptors (Lipinski definition) is 7. The van der Waals surface area contributed by atoms with E-state index < -0.39 is 18.0 Å². The molecule has 4 aromatic carbocycles. The average Bonchev–Trinajstić information content (AvgIpc) is 3.01. The molecule has 0 saturated carbocycles. The van der Waals surface area contributed by atoms with Crippen LogP contribution >= 0.6 is 11.6 Å². The van der Waals surface area contributed by atoms with E-state index in [2.05, 4.69) is 5.32 Å². The zero-order chi connectivity index (χ0) is 28.9. The molecule has 1 atom stereocenters. The smallest absolute Gasteiger partial charge is 0.338 e. The third kappa shape index (κ3) is 6.13. The molecule has 8 nitrogen and oxygen atoms in total. The first-order valence-electron chi connectivity index (χ1n) is 12.7. The third-order valence-electron chi connectivity index (χ3n) is 6.41. The molecule has 1 N–H and O–H groups in total. The zero-order valence-electron chi connectivity index (χ0n) is 22.6. The molecule has 0 aliphatic carbocycles. The largest absolute Gasteiger partial charge is 0.497 e. The Morgan fingerprint density at radius 1 is 0.756 bits per heavy atom. The third-order valence-corrected chi connectivity index (χ3v) is 6.74. The Kier molecular flexibility index (Phi) is 8.12. The molecule has 5 aromatic rings. The topological polar surface area (TPSA) is 99.6 Å². The Bertz CT molecular complexity index is 1720. The van der Waals surface area contributed by atoms with Crippen LogP contribution in [0.25, 0.3) is 33.5 Å². The summed E-state index contributed by atoms with van der Waals surface area (Å²) in [6.07, 6.45) is -1.06. The van der Waals surface area contributed by atoms with Crippen molar-refractivity contribution >= 4 is 40.2 Å². The summed E-state index contributed by atoms with van der Waals surface area (Å²) in [5.41, 5.74) is 4.74. The molecule has 5 rings (SSSR count). The Balaban J connectivity index is 1.46. The van der Waals surface area contributed by atoms with E-state index in [9.17, 15) is 9.59 Å². The Hall–Kier alpha value is -4.95. The number of amides is 1. The van der Waals surface area contributed by atoms with E-state index >= 15 is 0 Å². The summed E-state index contributed by atoms with van der Waals surface area (Å²) in [6.45, 7) is 1.49. The summed E-state index contributed by atoms with van der Waals surface area (Å²) in [5, 5.41) is 3.06. The van der Waals surface area contributed by atoms with Gasteiger partial charge in [0.1, 0.15) is 11.5 Å². The second-order valence-electron chi connectivity index (χ2n) is 9.10. The summed E-state index contributed by atoms with van der Waals surface area (Å²) in [6, 6.07) is 26.8. The normalized spacial score (nSPS) is 11.5. The van der Waals surface area contributed by atoms with Crippen molar-refractivity contribution in [1.82, 2.24) is 9.97 Å². The molecule has 1 unspecified atom stereocenters. The van der Waals surface area contributed by atoms with Crippen molar-refractivity contribution in [1.29, 1.82) is 0 Å². The summed E-state index contributed by atoms with van der Waals surface area (Å²) in [5.74, 6) is 0.274. The standard InChI is InChI=1S/C32H26ClN3O5/c1-19(31(37)36-26-7-5-4-6-25(26)33)41-32(38)22-12-17-27-28(18-22)35-30(21-10-15-24(40-3)16-11-21)29(34-27)20-8-13-23(39-2)14-9-20/h4-19H,1-3H3,(H,36,37). The van der Waals surface area contributed by atoms with Crippen molar-refractivity contribution in [2.75, 3.05) is 19.5 Å². The number of ether oxygens (including phenoxy) is 3. The van der Waals surface area contributed by atoms with Crippen molar-refractivity contribution in [3.8, 4) is 34.0 Å². The number of halogens is 1. The van der Waals surface area contributed by atoms with Crippen LogP contribution in [0.4, 0.5) is 5.69 Å². The molecule has 1 amide bonds. The number of aromatic nitrogens is 2. The van der Waals surface area contributed by atoms with Gasteiger partial charge in [-0.05, 0) is 85.8 Å². The van der Waals surface area contributed by atoms with Gasteiger partial charge in [-0.15, -0.1) is 0 Å². The molecular weight excluding hydrogens is 542 g/mol. The monoisotopic (exact) mass is 567 g/mol. The van der Waals surface area contributed by atoms with Crippen molar-refractivity contribution < 1.29 is 23.8 Å². The first-order valence-corrected chi connectivity index (χ1v) is 13.1. The fraction of sp³-hybridized carbons (Fsp3) is 0.125. The van der Waals surface area contributed by atoms with E-state index in [1.807, 2.05) is 48.5 Å². The first kappa shape index (κ1) is 27.6. The number of carbonyl (C=O) groups excluding carboxylic acids is 2. The van der Waals surface area contributed by atoms with Crippen LogP contribution in [-0.2, 0) is 9.53 Å². The minimum Gasteiger partial charge on any atom is -0.497 e. The summed E-state index contributed by atoms with van der Waals surface area (Å²) >= 11 is 6.12. The van der Waals surface area contributed by atoms with Gasteiger partial charge < -0.3 is 19.5 Å². The predicted molar refractivity (Wildman–Crippen MR) is 158 cm³/mol. The van der Waals surface area contributed by atoms with E-state index in [4.69, 9.17) is 35.8 Å². The van der Waals surface area contributed by atoms with Gasteiger partial charge in [0.15, 0.2) is 6.10 Å². The van der Waals surface area contributed by atoms with Crippen LogP contribution in [0.2, 0.25) is 5.02 Å². The number of fused-ring (bicyclic) bond motifs is 1. The molecule has 0 bridgehead atoms. The van der Waals surface area contributed by atoms with Crippen molar-refractivity contribution in [3.63, 3.8) is 0 Å². The van der Waals surface area contributed by atoms with Crippen LogP contribution < -0.4 is 14.8 Å². The lowest BCUT2D eigenvalue weighted by Crippen LogP contribution is -2.30. The number of nitrogens with zero attached hydrogens (tertiary/aromatic N) is 2. The molecule has 0 fully saturated rings. The number of carbonyl (C=O) groups is 2. The Morgan fingerprint density at radius 2 is 1.32 bits per heavy atom. The van der Waals surface area contributed by atoms with Gasteiger partial charge in [-0.2, -0.15) is 0 Å². The number of nitrogens with one attached hydrogen (secondary N) is 1. The van der Waals surface area contributed by atoms with Gasteiger partial charge in [0.05, 0.1) is 52.9 Å². The van der Waals surface area contributed by atoms with Gasteiger partial charge in [-0.1, -0.05) is 23.7 Å². The molecule has 1 heterocycles. The van der Waals surface area contributed by atoms with E-state index in [1.54, 1.807) is 56.7 Å². The van der Waals surface area contributed by atoms with E-state index in [0.29, 0.717) is 38.9 Å². The van der Waals surface area contributed by atoms with Gasteiger partial charge >= 0.3 is 5.97 Å². The number of esters is 1. The maximum absolute atomic E-state index is 13.0. The lowest BCUT2D eigenvalue weighted by molar-refractivity contribution is -0.123. The van der Waals surface area contributed by atoms with Gasteiger partial charge in [0.25, 0.3) is 5.91 Å². The Morgan fingerprint density at radius 3 is 1.88 bits per heavy atom. The highest BCUT2D eigenvalue weighted by atomic mass is 35.5. The van der Waals surface area contributed by atoms with Crippen molar-refractivity contribution in [2.24, 2.45) is 0 Å². The summed E-state index contributed by atoms with van der Waals surface area (Å²) in [7, 11) is 3.22. The first-order chi connectivity index (χ1) is 19.9. The van der Waals surface area contributed by atoms with Crippen LogP contribution in [0, 0.1) is 0 Å². The van der Waals surface area contributed by atoms with Crippen molar-refractivity contribution in [3.05, 3.63) is 102 Å². The van der Waals surface area contributed by atoms with Crippen LogP contribution in [0.15, 0.2) is 91.0 Å². The minimum atomic E-state index is -1.06. The fourth-order valence-electron chi connectivity index (χ4n) is 4.16. The number of rotatable bonds is 8. The van der Waals surface area contributed by atoms with Crippen LogP contribution in [-0.4, -0.2) is 42.2 Å². The van der Waals surface area contributed by atoms with Crippen LogP contribution in [0.3, 0.4) is 0 Å². The molecule has 0 aliphatic heterocycles. The van der Waals surface area contributed by atoms with Gasteiger partial charge in [-0.3, -0.25) is 4.79 Å². The van der Waals surface area contributed by atoms with Gasteiger partial charge in [0.2, 0.25) is 0 Å². The molecular formula is C32H26ClN3O5. The molecule has 41 heavy (non-hydrogen) atoms. The number of methoxy groups -OCH3 is 2. The molecule has 1 aromatic heterocycles. The maximum Gasteiger partial charge on any atom is 0.338 e. The molecule has 0 radical (unpaired) electrons. The number of hydrogen-bond donors (Lipinski definition) is 1. The summed E-state index contributed by atoms with van der Waals surface area (Å²) in [4.78, 5) is 35.4. The predicted octanol–water partition coefficient (Wildman–Crippen LogP) is 6.82. The highest BCUT2D eigenvalue weighted by molar-refractivity contribution is 6.33. The quantitative estimate of drug-likeness (QED) is 0.205. The molecule has 0 spiro atoms. The molecule has 0 aliphatic rings. The zero-order valence-corrected chi connectivity index (χ0v) is 23.3. The van der Waals surface area contributed by atoms with Crippen LogP contribution in [0.1, 0.15) is 17.3 Å². The molecule has 206 valence electrons. The van der Waals surface area contributed by atoms with Crippen molar-refractivity contribution in [2.45, 2.75) is 13.0 Å². The van der Waals surface area contributed by atoms with Gasteiger partial charge in [-0.25, -0.2) is 14.8 Å². The van der Waals surface area contributed by atoms with Crippen LogP contribution in [0.5, 0.6) is 11.5 Å². The minimum absolute atomic E-state index is 0.238. The number of anilines is 1.